The highest BCUT2D eigenvalue weighted by Crippen LogP contribution is 2.18. The Morgan fingerprint density at radius 1 is 0.360 bits per heavy atom. The molecule has 0 bridgehead atoms. The molecule has 2 atom stereocenters. The minimum Gasteiger partial charge on any atom is -0.477 e. The van der Waals surface area contributed by atoms with E-state index in [2.05, 4.69) is 111 Å². The first-order valence-electron chi connectivity index (χ1n) is 35.9. The molecule has 0 heterocycles. The SMILES string of the molecule is CC/C=C\C/C=C\C/C=C\C/C=C\C/C=C\C/C=C\C/C=C\C/C=C\CCCCC(=O)OC(COC(=O)CCCCCCCCCCCCCCCCCCCCCCCCCCCCCCCCCCCC)COC(OCC[N+](C)(C)C)C(=O)O. The Labute approximate surface area is 531 Å². The average molecular weight is 1200 g/mol. The number of carbonyl (C=O) groups excluding carboxylic acids is 2. The van der Waals surface area contributed by atoms with Crippen LogP contribution in [-0.2, 0) is 33.3 Å². The molecule has 9 heteroatoms. The van der Waals surface area contributed by atoms with Crippen molar-refractivity contribution in [2.45, 2.75) is 328 Å². The number of aliphatic carboxylic acids is 1. The van der Waals surface area contributed by atoms with E-state index < -0.39 is 24.3 Å². The molecule has 2 unspecified atom stereocenters. The van der Waals surface area contributed by atoms with E-state index in [-0.39, 0.29) is 32.2 Å². The number of likely N-dealkylation sites (N-methyl/N-ethyl adjacent to an activating group) is 1. The molecule has 9 nitrogen and oxygen atoms in total. The van der Waals surface area contributed by atoms with Crippen LogP contribution in [0.1, 0.15) is 316 Å². The lowest BCUT2D eigenvalue weighted by molar-refractivity contribution is -0.870. The van der Waals surface area contributed by atoms with Crippen LogP contribution in [0.5, 0.6) is 0 Å². The predicted molar refractivity (Wildman–Crippen MR) is 369 cm³/mol. The molecule has 0 aliphatic carbocycles. The summed E-state index contributed by atoms with van der Waals surface area (Å²) in [6.45, 7) is 4.74. The van der Waals surface area contributed by atoms with E-state index in [1.165, 1.54) is 199 Å². The van der Waals surface area contributed by atoms with Gasteiger partial charge in [0, 0.05) is 12.8 Å². The molecule has 0 aromatic heterocycles. The zero-order valence-corrected chi connectivity index (χ0v) is 56.7. The maximum absolute atomic E-state index is 12.9. The van der Waals surface area contributed by atoms with Crippen molar-refractivity contribution in [1.29, 1.82) is 0 Å². The van der Waals surface area contributed by atoms with Gasteiger partial charge in [-0.3, -0.25) is 9.59 Å². The molecule has 496 valence electrons. The number of hydrogen-bond donors (Lipinski definition) is 1. The maximum Gasteiger partial charge on any atom is 0.361 e. The standard InChI is InChI=1S/C77H135NO8/c1-6-8-10-12-14-16-18-20-22-24-26-28-30-32-34-35-36-37-38-39-40-42-43-45-47-49-51-53-55-57-59-61-63-65-67-74(79)84-71-73(72-85-77(76(81)82)83-70-69-78(3,4)5)86-75(80)68-66-64-62-60-58-56-54-52-50-48-46-44-41-33-31-29-27-25-23-21-19-17-15-13-11-9-7-2/h9,11,15,17,21,23,27,29,33,41,46,48,52,54,58,60,73,77H,6-8,10,12-14,16,18-20,22,24-26,28,30-32,34-40,42-45,47,49-51,53,55-57,59,61-72H2,1-5H3/p+1/b11-9-,17-15-,23-21-,29-27-,41-33-,48-46-,54-52-,60-58-. The van der Waals surface area contributed by atoms with Crippen molar-refractivity contribution in [3.63, 3.8) is 0 Å². The molecule has 0 amide bonds. The van der Waals surface area contributed by atoms with Crippen LogP contribution >= 0.6 is 0 Å². The van der Waals surface area contributed by atoms with Gasteiger partial charge in [-0.1, -0.05) is 323 Å². The van der Waals surface area contributed by atoms with Crippen LogP contribution in [0.15, 0.2) is 97.2 Å². The molecule has 0 radical (unpaired) electrons. The highest BCUT2D eigenvalue weighted by Gasteiger charge is 2.25. The molecular formula is C77H136NO8+. The van der Waals surface area contributed by atoms with E-state index in [0.717, 1.165) is 83.5 Å². The van der Waals surface area contributed by atoms with Crippen molar-refractivity contribution < 1.29 is 42.9 Å². The summed E-state index contributed by atoms with van der Waals surface area (Å²) >= 11 is 0. The number of esters is 2. The summed E-state index contributed by atoms with van der Waals surface area (Å²) in [4.78, 5) is 37.6. The van der Waals surface area contributed by atoms with Gasteiger partial charge in [0.05, 0.1) is 34.4 Å². The predicted octanol–water partition coefficient (Wildman–Crippen LogP) is 22.4. The lowest BCUT2D eigenvalue weighted by atomic mass is 10.0. The smallest absolute Gasteiger partial charge is 0.361 e. The molecule has 0 fully saturated rings. The molecular weight excluding hydrogens is 1070 g/mol. The summed E-state index contributed by atoms with van der Waals surface area (Å²) in [6, 6.07) is 0. The number of carbonyl (C=O) groups is 3. The summed E-state index contributed by atoms with van der Waals surface area (Å²) in [7, 11) is 5.96. The highest BCUT2D eigenvalue weighted by atomic mass is 16.7. The van der Waals surface area contributed by atoms with Crippen LogP contribution in [0.2, 0.25) is 0 Å². The maximum atomic E-state index is 12.9. The third kappa shape index (κ3) is 67.7. The van der Waals surface area contributed by atoms with E-state index >= 15 is 0 Å². The first-order chi connectivity index (χ1) is 42.1. The number of allylic oxidation sites excluding steroid dienone is 16. The molecule has 0 aromatic rings. The third-order valence-electron chi connectivity index (χ3n) is 15.6. The summed E-state index contributed by atoms with van der Waals surface area (Å²) in [5.41, 5.74) is 0. The van der Waals surface area contributed by atoms with Crippen LogP contribution < -0.4 is 0 Å². The summed E-state index contributed by atoms with van der Waals surface area (Å²) in [6.07, 6.45) is 89.8. The lowest BCUT2D eigenvalue weighted by Crippen LogP contribution is -2.40. The molecule has 0 saturated heterocycles. The van der Waals surface area contributed by atoms with Crippen molar-refractivity contribution >= 4 is 17.9 Å². The first kappa shape index (κ1) is 82.2. The fourth-order valence-electron chi connectivity index (χ4n) is 10.2. The van der Waals surface area contributed by atoms with Gasteiger partial charge in [0.1, 0.15) is 13.2 Å². The number of rotatable bonds is 66. The zero-order valence-electron chi connectivity index (χ0n) is 56.7. The molecule has 86 heavy (non-hydrogen) atoms. The van der Waals surface area contributed by atoms with E-state index in [1.807, 2.05) is 21.1 Å². The van der Waals surface area contributed by atoms with Gasteiger partial charge < -0.3 is 28.5 Å². The number of quaternary nitrogens is 1. The van der Waals surface area contributed by atoms with Gasteiger partial charge in [-0.2, -0.15) is 0 Å². The number of carboxylic acid groups (broad SMARTS) is 1. The number of nitrogens with zero attached hydrogens (tertiary/aromatic N) is 1. The van der Waals surface area contributed by atoms with Crippen molar-refractivity contribution in [2.24, 2.45) is 0 Å². The Bertz CT molecular complexity index is 1730. The molecule has 0 aliphatic rings. The Balaban J connectivity index is 4.13. The first-order valence-corrected chi connectivity index (χ1v) is 35.9. The fraction of sp³-hybridized carbons (Fsp3) is 0.753. The number of hydrogen-bond acceptors (Lipinski definition) is 7. The molecule has 0 saturated carbocycles. The monoisotopic (exact) mass is 1200 g/mol. The highest BCUT2D eigenvalue weighted by molar-refractivity contribution is 5.71. The topological polar surface area (TPSA) is 108 Å². The lowest BCUT2D eigenvalue weighted by Gasteiger charge is -2.25. The molecule has 1 N–H and O–H groups in total. The second-order valence-electron chi connectivity index (χ2n) is 25.2. The van der Waals surface area contributed by atoms with Gasteiger partial charge >= 0.3 is 17.9 Å². The zero-order chi connectivity index (χ0) is 62.6. The van der Waals surface area contributed by atoms with Crippen LogP contribution in [0.4, 0.5) is 0 Å². The van der Waals surface area contributed by atoms with Gasteiger partial charge in [-0.15, -0.1) is 0 Å². The van der Waals surface area contributed by atoms with Gasteiger partial charge in [0.25, 0.3) is 6.29 Å². The van der Waals surface area contributed by atoms with Crippen molar-refractivity contribution in [3.05, 3.63) is 97.2 Å². The summed E-state index contributed by atoms with van der Waals surface area (Å²) in [5.74, 6) is -2.06. The van der Waals surface area contributed by atoms with E-state index in [0.29, 0.717) is 23.9 Å². The van der Waals surface area contributed by atoms with Gasteiger partial charge in [-0.25, -0.2) is 4.79 Å². The number of carboxylic acids is 1. The number of ether oxygens (including phenoxy) is 4. The average Bonchev–Trinajstić information content (AvgIpc) is 3.64. The normalized spacial score (nSPS) is 13.3. The minimum atomic E-state index is -1.53. The van der Waals surface area contributed by atoms with Crippen LogP contribution in [0, 0.1) is 0 Å². The van der Waals surface area contributed by atoms with Gasteiger partial charge in [-0.05, 0) is 77.0 Å². The second kappa shape index (κ2) is 67.1. The Hall–Kier alpha value is -3.79. The number of unbranched alkanes of at least 4 members (excludes halogenated alkanes) is 35. The minimum absolute atomic E-state index is 0.175. The molecule has 0 aromatic carbocycles. The Morgan fingerprint density at radius 2 is 0.663 bits per heavy atom. The quantitative estimate of drug-likeness (QED) is 0.0211. The fourth-order valence-corrected chi connectivity index (χ4v) is 10.2. The largest absolute Gasteiger partial charge is 0.477 e. The Morgan fingerprint density at radius 3 is 0.988 bits per heavy atom. The second-order valence-corrected chi connectivity index (χ2v) is 25.2. The molecule has 0 rings (SSSR count). The van der Waals surface area contributed by atoms with Crippen molar-refractivity contribution in [3.8, 4) is 0 Å². The van der Waals surface area contributed by atoms with Gasteiger partial charge in [0.2, 0.25) is 0 Å². The Kier molecular flexibility index (Phi) is 64.2. The molecule has 0 spiro atoms. The summed E-state index contributed by atoms with van der Waals surface area (Å²) < 4.78 is 22.9. The van der Waals surface area contributed by atoms with Crippen LogP contribution in [0.25, 0.3) is 0 Å². The van der Waals surface area contributed by atoms with Gasteiger partial charge in [0.15, 0.2) is 6.10 Å². The van der Waals surface area contributed by atoms with E-state index in [1.54, 1.807) is 0 Å². The molecule has 0 aliphatic heterocycles. The third-order valence-corrected chi connectivity index (χ3v) is 15.6. The van der Waals surface area contributed by atoms with E-state index in [4.69, 9.17) is 18.9 Å². The van der Waals surface area contributed by atoms with Crippen LogP contribution in [0.3, 0.4) is 0 Å². The summed E-state index contributed by atoms with van der Waals surface area (Å²) in [5, 5.41) is 9.74. The van der Waals surface area contributed by atoms with Crippen molar-refractivity contribution in [2.75, 3.05) is 47.5 Å². The van der Waals surface area contributed by atoms with E-state index in [9.17, 15) is 19.5 Å². The van der Waals surface area contributed by atoms with Crippen LogP contribution in [-0.4, -0.2) is 87.4 Å². The van der Waals surface area contributed by atoms with Crippen molar-refractivity contribution in [1.82, 2.24) is 0 Å².